The van der Waals surface area contributed by atoms with Crippen LogP contribution in [0.1, 0.15) is 13.3 Å². The smallest absolute Gasteiger partial charge is 0.255 e. The number of halogens is 1. The van der Waals surface area contributed by atoms with Gasteiger partial charge in [0.05, 0.1) is 6.61 Å². The summed E-state index contributed by atoms with van der Waals surface area (Å²) in [6.07, 6.45) is 2.40. The summed E-state index contributed by atoms with van der Waals surface area (Å²) in [6.45, 7) is 3.50. The Labute approximate surface area is 104 Å². The molecule has 2 rings (SSSR count). The van der Waals surface area contributed by atoms with Crippen molar-refractivity contribution in [1.82, 2.24) is 19.6 Å². The summed E-state index contributed by atoms with van der Waals surface area (Å²) in [5.74, 6) is 1.26. The molecule has 2 aromatic rings. The molecule has 0 radical (unpaired) electrons. The first-order chi connectivity index (χ1) is 8.26. The van der Waals surface area contributed by atoms with Crippen LogP contribution in [0.2, 0.25) is 5.15 Å². The lowest BCUT2D eigenvalue weighted by Crippen LogP contribution is -2.29. The van der Waals surface area contributed by atoms with Gasteiger partial charge in [-0.05, 0) is 6.42 Å². The molecule has 17 heavy (non-hydrogen) atoms. The van der Waals surface area contributed by atoms with E-state index in [0.29, 0.717) is 17.5 Å². The van der Waals surface area contributed by atoms with Crippen molar-refractivity contribution in [3.63, 3.8) is 0 Å². The van der Waals surface area contributed by atoms with E-state index in [2.05, 4.69) is 22.0 Å². The Morgan fingerprint density at radius 2 is 2.29 bits per heavy atom. The maximum atomic E-state index is 9.08. The van der Waals surface area contributed by atoms with E-state index in [9.17, 15) is 0 Å². The van der Waals surface area contributed by atoms with Gasteiger partial charge >= 0.3 is 0 Å². The van der Waals surface area contributed by atoms with Gasteiger partial charge in [0.15, 0.2) is 0 Å². The van der Waals surface area contributed by atoms with E-state index < -0.39 is 0 Å². The van der Waals surface area contributed by atoms with Gasteiger partial charge in [-0.1, -0.05) is 18.5 Å². The average Bonchev–Trinajstić information content (AvgIpc) is 2.75. The number of aliphatic hydroxyl groups excluding tert-OH is 1. The molecule has 0 fully saturated rings. The van der Waals surface area contributed by atoms with Crippen molar-refractivity contribution < 1.29 is 5.11 Å². The Balaban J connectivity index is 2.46. The molecule has 0 aliphatic carbocycles. The Morgan fingerprint density at radius 1 is 1.47 bits per heavy atom. The van der Waals surface area contributed by atoms with Crippen molar-refractivity contribution >= 4 is 23.2 Å². The van der Waals surface area contributed by atoms with Gasteiger partial charge in [-0.15, -0.1) is 0 Å². The van der Waals surface area contributed by atoms with Crippen LogP contribution in [-0.4, -0.2) is 44.4 Å². The molecule has 92 valence electrons. The summed E-state index contributed by atoms with van der Waals surface area (Å²) in [5.41, 5.74) is 0. The minimum atomic E-state index is 0.0795. The molecule has 0 bridgehead atoms. The van der Waals surface area contributed by atoms with Gasteiger partial charge in [0.25, 0.3) is 5.78 Å². The summed E-state index contributed by atoms with van der Waals surface area (Å²) < 4.78 is 1.62. The zero-order valence-corrected chi connectivity index (χ0v) is 10.3. The van der Waals surface area contributed by atoms with Crippen molar-refractivity contribution in [3.8, 4) is 0 Å². The number of hydrogen-bond donors (Lipinski definition) is 1. The maximum absolute atomic E-state index is 9.08. The van der Waals surface area contributed by atoms with Crippen LogP contribution in [0.15, 0.2) is 12.4 Å². The molecular weight excluding hydrogens is 242 g/mol. The number of rotatable bonds is 5. The molecule has 7 heteroatoms. The van der Waals surface area contributed by atoms with Crippen molar-refractivity contribution in [2.45, 2.75) is 13.3 Å². The molecule has 2 heterocycles. The molecule has 0 unspecified atom stereocenters. The SMILES string of the molecule is CCCN(CCO)c1cc(Cl)nc2ncnn12. The third-order valence-corrected chi connectivity index (χ3v) is 2.58. The van der Waals surface area contributed by atoms with Gasteiger partial charge in [0, 0.05) is 19.2 Å². The van der Waals surface area contributed by atoms with E-state index in [0.717, 1.165) is 18.8 Å². The van der Waals surface area contributed by atoms with E-state index >= 15 is 0 Å². The topological polar surface area (TPSA) is 66.5 Å². The minimum Gasteiger partial charge on any atom is -0.395 e. The molecule has 0 aromatic carbocycles. The van der Waals surface area contributed by atoms with E-state index in [4.69, 9.17) is 16.7 Å². The zero-order valence-electron chi connectivity index (χ0n) is 9.54. The number of hydrogen-bond acceptors (Lipinski definition) is 5. The van der Waals surface area contributed by atoms with Crippen LogP contribution < -0.4 is 4.90 Å². The van der Waals surface area contributed by atoms with Crippen molar-refractivity contribution in [3.05, 3.63) is 17.5 Å². The van der Waals surface area contributed by atoms with Crippen LogP contribution in [-0.2, 0) is 0 Å². The summed E-state index contributed by atoms with van der Waals surface area (Å²) in [7, 11) is 0. The van der Waals surface area contributed by atoms with Crippen LogP contribution in [0.5, 0.6) is 0 Å². The minimum absolute atomic E-state index is 0.0795. The highest BCUT2D eigenvalue weighted by Gasteiger charge is 2.12. The van der Waals surface area contributed by atoms with Crippen molar-refractivity contribution in [1.29, 1.82) is 0 Å². The summed E-state index contributed by atoms with van der Waals surface area (Å²) >= 11 is 5.94. The molecule has 0 aliphatic heterocycles. The molecule has 0 saturated carbocycles. The van der Waals surface area contributed by atoms with Gasteiger partial charge in [0.2, 0.25) is 0 Å². The molecule has 6 nitrogen and oxygen atoms in total. The molecule has 0 atom stereocenters. The fourth-order valence-corrected chi connectivity index (χ4v) is 1.90. The fraction of sp³-hybridized carbons (Fsp3) is 0.500. The highest BCUT2D eigenvalue weighted by molar-refractivity contribution is 6.29. The van der Waals surface area contributed by atoms with Crippen LogP contribution in [0, 0.1) is 0 Å². The highest BCUT2D eigenvalue weighted by Crippen LogP contribution is 2.18. The van der Waals surface area contributed by atoms with Gasteiger partial charge in [0.1, 0.15) is 17.3 Å². The van der Waals surface area contributed by atoms with Crippen molar-refractivity contribution in [2.75, 3.05) is 24.6 Å². The number of aliphatic hydroxyl groups is 1. The second-order valence-corrected chi connectivity index (χ2v) is 4.01. The highest BCUT2D eigenvalue weighted by atomic mass is 35.5. The van der Waals surface area contributed by atoms with Crippen LogP contribution in [0.25, 0.3) is 5.78 Å². The average molecular weight is 256 g/mol. The first kappa shape index (κ1) is 12.1. The van der Waals surface area contributed by atoms with Crippen LogP contribution in [0.3, 0.4) is 0 Å². The van der Waals surface area contributed by atoms with E-state index in [1.807, 2.05) is 4.90 Å². The Hall–Kier alpha value is -1.40. The normalized spacial score (nSPS) is 11.0. The number of nitrogens with zero attached hydrogens (tertiary/aromatic N) is 5. The van der Waals surface area contributed by atoms with Gasteiger partial charge in [-0.3, -0.25) is 0 Å². The van der Waals surface area contributed by atoms with E-state index in [-0.39, 0.29) is 6.61 Å². The number of anilines is 1. The monoisotopic (exact) mass is 255 g/mol. The lowest BCUT2D eigenvalue weighted by Gasteiger charge is -2.23. The molecule has 2 aromatic heterocycles. The molecule has 0 spiro atoms. The Morgan fingerprint density at radius 3 is 3.00 bits per heavy atom. The maximum Gasteiger partial charge on any atom is 0.255 e. The predicted octanol–water partition coefficient (Wildman–Crippen LogP) is 0.986. The summed E-state index contributed by atoms with van der Waals surface area (Å²) in [6, 6.07) is 1.73. The standard InChI is InChI=1S/C10H14ClN5O/c1-2-3-15(4-5-17)9-6-8(11)14-10-12-7-13-16(9)10/h6-7,17H,2-5H2,1H3. The van der Waals surface area contributed by atoms with E-state index in [1.54, 1.807) is 10.6 Å². The number of fused-ring (bicyclic) bond motifs is 1. The van der Waals surface area contributed by atoms with Gasteiger partial charge in [-0.2, -0.15) is 19.6 Å². The summed E-state index contributed by atoms with van der Waals surface area (Å²) in [4.78, 5) is 10.1. The zero-order chi connectivity index (χ0) is 12.3. The largest absolute Gasteiger partial charge is 0.395 e. The Kier molecular flexibility index (Phi) is 3.75. The molecule has 0 saturated heterocycles. The Bertz CT molecular complexity index is 494. The first-order valence-corrected chi connectivity index (χ1v) is 5.86. The van der Waals surface area contributed by atoms with Crippen LogP contribution in [0.4, 0.5) is 5.82 Å². The lowest BCUT2D eigenvalue weighted by atomic mass is 10.4. The van der Waals surface area contributed by atoms with Gasteiger partial charge < -0.3 is 10.0 Å². The van der Waals surface area contributed by atoms with Crippen LogP contribution >= 0.6 is 11.6 Å². The number of aromatic nitrogens is 4. The van der Waals surface area contributed by atoms with Crippen molar-refractivity contribution in [2.24, 2.45) is 0 Å². The quantitative estimate of drug-likeness (QED) is 0.807. The predicted molar refractivity (Wildman–Crippen MR) is 65.4 cm³/mol. The molecule has 0 amide bonds. The lowest BCUT2D eigenvalue weighted by molar-refractivity contribution is 0.301. The fourth-order valence-electron chi connectivity index (χ4n) is 1.73. The summed E-state index contributed by atoms with van der Waals surface area (Å²) in [5, 5.41) is 13.6. The van der Waals surface area contributed by atoms with Gasteiger partial charge in [-0.25, -0.2) is 0 Å². The van der Waals surface area contributed by atoms with E-state index in [1.165, 1.54) is 6.33 Å². The first-order valence-electron chi connectivity index (χ1n) is 5.48. The molecular formula is C10H14ClN5O. The third-order valence-electron chi connectivity index (χ3n) is 2.39. The molecule has 1 N–H and O–H groups in total. The molecule has 0 aliphatic rings. The third kappa shape index (κ3) is 2.48. The second kappa shape index (κ2) is 5.29. The second-order valence-electron chi connectivity index (χ2n) is 3.62.